The van der Waals surface area contributed by atoms with E-state index in [0.29, 0.717) is 6.61 Å². The first-order valence-corrected chi connectivity index (χ1v) is 4.43. The highest BCUT2D eigenvalue weighted by molar-refractivity contribution is 5.13. The summed E-state index contributed by atoms with van der Waals surface area (Å²) in [6.07, 6.45) is 3.99. The lowest BCUT2D eigenvalue weighted by molar-refractivity contribution is 0.0351. The van der Waals surface area contributed by atoms with Crippen molar-refractivity contribution in [1.82, 2.24) is 5.48 Å². The monoisotopic (exact) mass is 177 g/mol. The highest BCUT2D eigenvalue weighted by atomic mass is 16.6. The van der Waals surface area contributed by atoms with Gasteiger partial charge in [-0.3, -0.25) is 4.84 Å². The third kappa shape index (κ3) is 4.45. The van der Waals surface area contributed by atoms with Crippen LogP contribution in [-0.4, -0.2) is 6.54 Å². The molecule has 2 heteroatoms. The lowest BCUT2D eigenvalue weighted by Crippen LogP contribution is -2.13. The topological polar surface area (TPSA) is 21.3 Å². The molecular weight excluding hydrogens is 162 g/mol. The molecule has 0 aliphatic heterocycles. The molecule has 1 aromatic carbocycles. The van der Waals surface area contributed by atoms with Gasteiger partial charge in [-0.05, 0) is 12.5 Å². The van der Waals surface area contributed by atoms with Gasteiger partial charge in [0.2, 0.25) is 0 Å². The molecule has 0 radical (unpaired) electrons. The fraction of sp³-hybridized carbons (Fsp3) is 0.273. The van der Waals surface area contributed by atoms with Crippen molar-refractivity contribution in [2.24, 2.45) is 0 Å². The van der Waals surface area contributed by atoms with Gasteiger partial charge in [0, 0.05) is 6.54 Å². The summed E-state index contributed by atoms with van der Waals surface area (Å²) < 4.78 is 0. The van der Waals surface area contributed by atoms with Crippen molar-refractivity contribution in [2.75, 3.05) is 6.54 Å². The van der Waals surface area contributed by atoms with Crippen LogP contribution in [0.2, 0.25) is 0 Å². The molecule has 0 aromatic heterocycles. The number of benzene rings is 1. The number of rotatable bonds is 5. The van der Waals surface area contributed by atoms with Crippen LogP contribution in [0.3, 0.4) is 0 Å². The molecule has 13 heavy (non-hydrogen) atoms. The van der Waals surface area contributed by atoms with Crippen LogP contribution < -0.4 is 5.48 Å². The second-order valence-electron chi connectivity index (χ2n) is 2.69. The Labute approximate surface area is 79.2 Å². The predicted molar refractivity (Wildman–Crippen MR) is 54.0 cm³/mol. The summed E-state index contributed by atoms with van der Waals surface area (Å²) in [4.78, 5) is 5.22. The number of allylic oxidation sites excluding steroid dienone is 1. The first-order valence-electron chi connectivity index (χ1n) is 4.43. The van der Waals surface area contributed by atoms with Crippen molar-refractivity contribution in [3.8, 4) is 0 Å². The minimum Gasteiger partial charge on any atom is -0.297 e. The highest BCUT2D eigenvalue weighted by Crippen LogP contribution is 1.98. The average Bonchev–Trinajstić information content (AvgIpc) is 2.19. The molecule has 70 valence electrons. The molecule has 0 unspecified atom stereocenters. The molecule has 0 fully saturated rings. The zero-order chi connectivity index (χ0) is 9.36. The molecule has 0 spiro atoms. The first kappa shape index (κ1) is 9.96. The van der Waals surface area contributed by atoms with E-state index in [4.69, 9.17) is 4.84 Å². The smallest absolute Gasteiger partial charge is 0.0933 e. The van der Waals surface area contributed by atoms with Crippen LogP contribution >= 0.6 is 0 Å². The second-order valence-corrected chi connectivity index (χ2v) is 2.69. The van der Waals surface area contributed by atoms with Gasteiger partial charge in [0.1, 0.15) is 0 Å². The lowest BCUT2D eigenvalue weighted by atomic mass is 10.2. The molecule has 0 amide bonds. The summed E-state index contributed by atoms with van der Waals surface area (Å²) in [5, 5.41) is 0. The predicted octanol–water partition coefficient (Wildman–Crippen LogP) is 2.28. The Morgan fingerprint density at radius 3 is 2.77 bits per heavy atom. The summed E-state index contributed by atoms with van der Waals surface area (Å²) in [6.45, 7) is 3.35. The van der Waals surface area contributed by atoms with Gasteiger partial charge in [-0.2, -0.15) is 5.48 Å². The van der Waals surface area contributed by atoms with Gasteiger partial charge in [0.05, 0.1) is 6.61 Å². The maximum absolute atomic E-state index is 5.22. The van der Waals surface area contributed by atoms with Gasteiger partial charge >= 0.3 is 0 Å². The minimum atomic E-state index is 0.610. The van der Waals surface area contributed by atoms with E-state index in [1.807, 2.05) is 49.4 Å². The van der Waals surface area contributed by atoms with Gasteiger partial charge in [-0.1, -0.05) is 42.5 Å². The van der Waals surface area contributed by atoms with Crippen LogP contribution in [0.4, 0.5) is 0 Å². The van der Waals surface area contributed by atoms with Crippen molar-refractivity contribution in [3.05, 3.63) is 48.0 Å². The number of nitrogens with one attached hydrogen (secondary N) is 1. The normalized spacial score (nSPS) is 10.8. The number of hydroxylamine groups is 1. The molecule has 1 rings (SSSR count). The van der Waals surface area contributed by atoms with Crippen LogP contribution in [0.15, 0.2) is 42.5 Å². The molecule has 0 bridgehead atoms. The molecule has 0 aliphatic carbocycles. The molecule has 2 nitrogen and oxygen atoms in total. The summed E-state index contributed by atoms with van der Waals surface area (Å²) >= 11 is 0. The van der Waals surface area contributed by atoms with Crippen molar-refractivity contribution in [2.45, 2.75) is 13.5 Å². The van der Waals surface area contributed by atoms with Crippen LogP contribution in [0.25, 0.3) is 0 Å². The molecule has 0 atom stereocenters. The molecule has 0 saturated heterocycles. The van der Waals surface area contributed by atoms with E-state index in [9.17, 15) is 0 Å². The standard InChI is InChI=1S/C11H15NO/c1-2-3-9-12-13-10-11-7-5-4-6-8-11/h2-8,12H,9-10H2,1H3/b3-2+. The van der Waals surface area contributed by atoms with Gasteiger partial charge in [0.25, 0.3) is 0 Å². The summed E-state index contributed by atoms with van der Waals surface area (Å²) in [5.41, 5.74) is 4.02. The third-order valence-corrected chi connectivity index (χ3v) is 1.62. The SMILES string of the molecule is C/C=C/CNOCc1ccccc1. The first-order chi connectivity index (χ1) is 6.43. The molecule has 0 saturated carbocycles. The van der Waals surface area contributed by atoms with Gasteiger partial charge < -0.3 is 0 Å². The third-order valence-electron chi connectivity index (χ3n) is 1.62. The second kappa shape index (κ2) is 6.40. The molecule has 1 N–H and O–H groups in total. The Morgan fingerprint density at radius 2 is 2.08 bits per heavy atom. The largest absolute Gasteiger partial charge is 0.297 e. The van der Waals surface area contributed by atoms with Crippen molar-refractivity contribution < 1.29 is 4.84 Å². The van der Waals surface area contributed by atoms with E-state index >= 15 is 0 Å². The van der Waals surface area contributed by atoms with Crippen molar-refractivity contribution >= 4 is 0 Å². The van der Waals surface area contributed by atoms with Crippen LogP contribution in [0, 0.1) is 0 Å². The van der Waals surface area contributed by atoms with Gasteiger partial charge in [0.15, 0.2) is 0 Å². The number of hydrogen-bond acceptors (Lipinski definition) is 2. The zero-order valence-electron chi connectivity index (χ0n) is 7.86. The Kier molecular flexibility index (Phi) is 4.91. The fourth-order valence-corrected chi connectivity index (χ4v) is 0.933. The molecule has 0 aliphatic rings. The van der Waals surface area contributed by atoms with E-state index in [0.717, 1.165) is 6.54 Å². The average molecular weight is 177 g/mol. The van der Waals surface area contributed by atoms with E-state index in [-0.39, 0.29) is 0 Å². The van der Waals surface area contributed by atoms with E-state index < -0.39 is 0 Å². The Morgan fingerprint density at radius 1 is 1.31 bits per heavy atom. The van der Waals surface area contributed by atoms with Crippen LogP contribution in [-0.2, 0) is 11.4 Å². The van der Waals surface area contributed by atoms with Crippen molar-refractivity contribution in [1.29, 1.82) is 0 Å². The maximum Gasteiger partial charge on any atom is 0.0933 e. The highest BCUT2D eigenvalue weighted by Gasteiger charge is 1.88. The van der Waals surface area contributed by atoms with E-state index in [2.05, 4.69) is 5.48 Å². The van der Waals surface area contributed by atoms with E-state index in [1.54, 1.807) is 0 Å². The summed E-state index contributed by atoms with van der Waals surface area (Å²) in [7, 11) is 0. The van der Waals surface area contributed by atoms with Crippen molar-refractivity contribution in [3.63, 3.8) is 0 Å². The molecule has 0 heterocycles. The number of hydrogen-bond donors (Lipinski definition) is 1. The quantitative estimate of drug-likeness (QED) is 0.423. The zero-order valence-corrected chi connectivity index (χ0v) is 7.86. The fourth-order valence-electron chi connectivity index (χ4n) is 0.933. The Hall–Kier alpha value is -1.12. The van der Waals surface area contributed by atoms with Crippen LogP contribution in [0.1, 0.15) is 12.5 Å². The van der Waals surface area contributed by atoms with Gasteiger partial charge in [-0.15, -0.1) is 0 Å². The lowest BCUT2D eigenvalue weighted by Gasteiger charge is -2.02. The maximum atomic E-state index is 5.22. The summed E-state index contributed by atoms with van der Waals surface area (Å²) in [5.74, 6) is 0. The Bertz CT molecular complexity index is 244. The molecular formula is C11H15NO. The van der Waals surface area contributed by atoms with Gasteiger partial charge in [-0.25, -0.2) is 0 Å². The van der Waals surface area contributed by atoms with Crippen LogP contribution in [0.5, 0.6) is 0 Å². The van der Waals surface area contributed by atoms with E-state index in [1.165, 1.54) is 5.56 Å². The summed E-state index contributed by atoms with van der Waals surface area (Å²) in [6, 6.07) is 10.1. The minimum absolute atomic E-state index is 0.610. The Balaban J connectivity index is 2.13. The molecule has 1 aromatic rings.